The molecule has 0 aliphatic rings. The second-order valence-corrected chi connectivity index (χ2v) is 3.60. The van der Waals surface area contributed by atoms with Crippen LogP contribution in [-0.4, -0.2) is 13.1 Å². The van der Waals surface area contributed by atoms with E-state index in [2.05, 4.69) is 13.1 Å². The molecular weight excluding hydrogens is 190 g/mol. The zero-order valence-electron chi connectivity index (χ0n) is 5.89. The van der Waals surface area contributed by atoms with Crippen LogP contribution in [0.15, 0.2) is 17.5 Å². The van der Waals surface area contributed by atoms with Gasteiger partial charge >= 0.3 is 0 Å². The van der Waals surface area contributed by atoms with E-state index in [1.165, 1.54) is 23.3 Å². The van der Waals surface area contributed by atoms with Gasteiger partial charge in [0.05, 0.1) is 17.2 Å². The van der Waals surface area contributed by atoms with Gasteiger partial charge in [0, 0.05) is 10.8 Å². The molecule has 0 N–H and O–H groups in total. The maximum Gasteiger partial charge on any atom is 0.115 e. The molecule has 3 nitrogen and oxygen atoms in total. The Morgan fingerprint density at radius 2 is 1.92 bits per heavy atom. The normalized spacial score (nSPS) is 11.3. The van der Waals surface area contributed by atoms with Crippen molar-refractivity contribution in [3.63, 3.8) is 0 Å². The fourth-order valence-electron chi connectivity index (χ4n) is 1.19. The Morgan fingerprint density at radius 3 is 2.92 bits per heavy atom. The molecule has 12 heavy (non-hydrogen) atoms. The lowest BCUT2D eigenvalue weighted by Gasteiger charge is -1.86. The van der Waals surface area contributed by atoms with Crippen LogP contribution in [0.2, 0.25) is 0 Å². The zero-order valence-corrected chi connectivity index (χ0v) is 7.52. The molecule has 0 saturated heterocycles. The third-order valence-corrected chi connectivity index (χ3v) is 2.95. The summed E-state index contributed by atoms with van der Waals surface area (Å²) < 4.78 is 12.6. The molecule has 0 atom stereocenters. The van der Waals surface area contributed by atoms with Gasteiger partial charge in [0.25, 0.3) is 0 Å². The molecule has 0 amide bonds. The summed E-state index contributed by atoms with van der Waals surface area (Å²) in [6, 6.07) is 3.94. The topological polar surface area (TPSA) is 38.7 Å². The molecule has 58 valence electrons. The first-order chi connectivity index (χ1) is 5.95. The summed E-state index contributed by atoms with van der Waals surface area (Å²) >= 11 is 2.71. The molecule has 2 aromatic heterocycles. The fraction of sp³-hybridized carbons (Fsp3) is 0. The Kier molecular flexibility index (Phi) is 1.19. The maximum atomic E-state index is 4.23. The average molecular weight is 193 g/mol. The van der Waals surface area contributed by atoms with E-state index in [1.807, 2.05) is 17.5 Å². The van der Waals surface area contributed by atoms with Crippen molar-refractivity contribution in [1.29, 1.82) is 0 Å². The largest absolute Gasteiger partial charge is 0.193 e. The van der Waals surface area contributed by atoms with Gasteiger partial charge in [0.15, 0.2) is 0 Å². The molecule has 0 unspecified atom stereocenters. The molecule has 3 aromatic rings. The average Bonchev–Trinajstić information content (AvgIpc) is 2.71. The van der Waals surface area contributed by atoms with Crippen LogP contribution in [-0.2, 0) is 0 Å². The monoisotopic (exact) mass is 193 g/mol. The van der Waals surface area contributed by atoms with E-state index in [-0.39, 0.29) is 0 Å². The summed E-state index contributed by atoms with van der Waals surface area (Å²) in [6.07, 6.45) is 0. The van der Waals surface area contributed by atoms with Crippen LogP contribution >= 0.6 is 23.3 Å². The van der Waals surface area contributed by atoms with Crippen LogP contribution in [0.3, 0.4) is 0 Å². The van der Waals surface area contributed by atoms with Gasteiger partial charge in [-0.2, -0.15) is 13.1 Å². The summed E-state index contributed by atoms with van der Waals surface area (Å²) in [7, 11) is 0. The van der Waals surface area contributed by atoms with Crippen molar-refractivity contribution < 1.29 is 0 Å². The molecule has 0 saturated carbocycles. The highest BCUT2D eigenvalue weighted by molar-refractivity contribution is 7.05. The van der Waals surface area contributed by atoms with Crippen LogP contribution in [0.1, 0.15) is 0 Å². The summed E-state index contributed by atoms with van der Waals surface area (Å²) in [5.41, 5.74) is 2.96. The van der Waals surface area contributed by atoms with Crippen molar-refractivity contribution in [1.82, 2.24) is 13.1 Å². The number of rotatable bonds is 0. The number of nitrogens with zero attached hydrogens (tertiary/aromatic N) is 3. The number of hydrogen-bond acceptors (Lipinski definition) is 5. The molecule has 2 heterocycles. The molecule has 0 bridgehead atoms. The lowest BCUT2D eigenvalue weighted by molar-refractivity contribution is 1.64. The Labute approximate surface area is 76.2 Å². The van der Waals surface area contributed by atoms with Gasteiger partial charge in [-0.25, -0.2) is 0 Å². The van der Waals surface area contributed by atoms with Crippen molar-refractivity contribution in [3.8, 4) is 0 Å². The lowest BCUT2D eigenvalue weighted by Crippen LogP contribution is -1.70. The van der Waals surface area contributed by atoms with Crippen LogP contribution in [0.5, 0.6) is 0 Å². The van der Waals surface area contributed by atoms with Gasteiger partial charge in [-0.1, -0.05) is 0 Å². The summed E-state index contributed by atoms with van der Waals surface area (Å²) in [5, 5.41) is 3.13. The standard InChI is InChI=1S/C7H3N3S2/c1-2-6-7(10-12-9-6)4-3-11-8-5(1)4/h1-3H. The lowest BCUT2D eigenvalue weighted by atomic mass is 10.2. The Hall–Kier alpha value is -1.07. The maximum absolute atomic E-state index is 4.23. The second kappa shape index (κ2) is 2.21. The van der Waals surface area contributed by atoms with Crippen molar-refractivity contribution >= 4 is 45.2 Å². The highest BCUT2D eigenvalue weighted by atomic mass is 32.1. The highest BCUT2D eigenvalue weighted by Gasteiger charge is 2.04. The summed E-state index contributed by atoms with van der Waals surface area (Å²) in [6.45, 7) is 0. The number of hydrogen-bond donors (Lipinski definition) is 0. The molecule has 3 rings (SSSR count). The molecule has 0 aliphatic carbocycles. The summed E-state index contributed by atoms with van der Waals surface area (Å²) in [5.74, 6) is 0. The second-order valence-electron chi connectivity index (χ2n) is 2.44. The van der Waals surface area contributed by atoms with E-state index in [0.29, 0.717) is 0 Å². The van der Waals surface area contributed by atoms with Gasteiger partial charge in [-0.3, -0.25) is 0 Å². The summed E-state index contributed by atoms with van der Waals surface area (Å²) in [4.78, 5) is 0. The quantitative estimate of drug-likeness (QED) is 0.550. The number of benzene rings is 1. The SMILES string of the molecule is c1cc2nsnc2c2csnc12. The van der Waals surface area contributed by atoms with Gasteiger partial charge in [-0.15, -0.1) is 0 Å². The molecule has 0 spiro atoms. The molecule has 0 aliphatic heterocycles. The van der Waals surface area contributed by atoms with Crippen LogP contribution in [0, 0.1) is 0 Å². The van der Waals surface area contributed by atoms with E-state index in [4.69, 9.17) is 0 Å². The predicted molar refractivity (Wildman–Crippen MR) is 50.6 cm³/mol. The van der Waals surface area contributed by atoms with Gasteiger partial charge in [0.2, 0.25) is 0 Å². The van der Waals surface area contributed by atoms with Crippen LogP contribution in [0.4, 0.5) is 0 Å². The van der Waals surface area contributed by atoms with E-state index >= 15 is 0 Å². The highest BCUT2D eigenvalue weighted by Crippen LogP contribution is 2.23. The third kappa shape index (κ3) is 0.720. The Morgan fingerprint density at radius 1 is 1.00 bits per heavy atom. The Bertz CT molecular complexity index is 490. The fourth-order valence-corrected chi connectivity index (χ4v) is 2.41. The predicted octanol–water partition coefficient (Wildman–Crippen LogP) is 2.30. The molecular formula is C7H3N3S2. The first kappa shape index (κ1) is 6.45. The molecule has 5 heteroatoms. The minimum atomic E-state index is 0.965. The van der Waals surface area contributed by atoms with E-state index in [9.17, 15) is 0 Å². The minimum absolute atomic E-state index is 0.965. The van der Waals surface area contributed by atoms with E-state index in [0.717, 1.165) is 21.9 Å². The zero-order chi connectivity index (χ0) is 7.97. The molecule has 0 radical (unpaired) electrons. The smallest absolute Gasteiger partial charge is 0.115 e. The number of fused-ring (bicyclic) bond motifs is 3. The molecule has 0 fully saturated rings. The molecule has 1 aromatic carbocycles. The minimum Gasteiger partial charge on any atom is -0.193 e. The van der Waals surface area contributed by atoms with Crippen LogP contribution < -0.4 is 0 Å². The van der Waals surface area contributed by atoms with Crippen molar-refractivity contribution in [3.05, 3.63) is 17.5 Å². The van der Waals surface area contributed by atoms with Gasteiger partial charge in [-0.05, 0) is 23.7 Å². The Balaban J connectivity index is 2.71. The van der Waals surface area contributed by atoms with Gasteiger partial charge < -0.3 is 0 Å². The third-order valence-electron chi connectivity index (χ3n) is 1.77. The first-order valence-corrected chi connectivity index (χ1v) is 4.97. The van der Waals surface area contributed by atoms with Crippen molar-refractivity contribution in [2.45, 2.75) is 0 Å². The van der Waals surface area contributed by atoms with Crippen molar-refractivity contribution in [2.75, 3.05) is 0 Å². The van der Waals surface area contributed by atoms with Gasteiger partial charge in [0.1, 0.15) is 11.0 Å². The van der Waals surface area contributed by atoms with Crippen molar-refractivity contribution in [2.24, 2.45) is 0 Å². The number of aromatic nitrogens is 3. The van der Waals surface area contributed by atoms with E-state index in [1.54, 1.807) is 0 Å². The van der Waals surface area contributed by atoms with Crippen LogP contribution in [0.25, 0.3) is 21.9 Å². The van der Waals surface area contributed by atoms with E-state index < -0.39 is 0 Å². The first-order valence-electron chi connectivity index (χ1n) is 3.40.